The summed E-state index contributed by atoms with van der Waals surface area (Å²) in [6.07, 6.45) is 2.63. The SMILES string of the molecule is CC(C)c1ccc(CCC(=O)N2CCC[C@H](C(=O)O)C2)cc1. The second-order valence-corrected chi connectivity index (χ2v) is 6.41. The van der Waals surface area contributed by atoms with Crippen LogP contribution in [0.2, 0.25) is 0 Å². The van der Waals surface area contributed by atoms with Crippen molar-refractivity contribution in [2.24, 2.45) is 5.92 Å². The Bertz CT molecular complexity index is 522. The zero-order valence-electron chi connectivity index (χ0n) is 13.4. The van der Waals surface area contributed by atoms with E-state index >= 15 is 0 Å². The fourth-order valence-electron chi connectivity index (χ4n) is 2.88. The number of aliphatic carboxylic acids is 1. The first-order chi connectivity index (χ1) is 10.5. The number of likely N-dealkylation sites (tertiary alicyclic amines) is 1. The highest BCUT2D eigenvalue weighted by atomic mass is 16.4. The van der Waals surface area contributed by atoms with Gasteiger partial charge in [-0.25, -0.2) is 0 Å². The molecule has 1 heterocycles. The quantitative estimate of drug-likeness (QED) is 0.909. The molecule has 0 unspecified atom stereocenters. The monoisotopic (exact) mass is 303 g/mol. The number of hydrogen-bond acceptors (Lipinski definition) is 2. The van der Waals surface area contributed by atoms with E-state index in [0.29, 0.717) is 38.3 Å². The first-order valence-electron chi connectivity index (χ1n) is 8.06. The molecule has 1 N–H and O–H groups in total. The van der Waals surface area contributed by atoms with Crippen LogP contribution >= 0.6 is 0 Å². The van der Waals surface area contributed by atoms with E-state index in [-0.39, 0.29) is 5.91 Å². The zero-order chi connectivity index (χ0) is 16.1. The lowest BCUT2D eigenvalue weighted by Crippen LogP contribution is -2.42. The maximum Gasteiger partial charge on any atom is 0.308 e. The minimum absolute atomic E-state index is 0.0684. The maximum atomic E-state index is 12.2. The second-order valence-electron chi connectivity index (χ2n) is 6.41. The van der Waals surface area contributed by atoms with Gasteiger partial charge in [-0.05, 0) is 36.3 Å². The van der Waals surface area contributed by atoms with Crippen molar-refractivity contribution in [1.29, 1.82) is 0 Å². The summed E-state index contributed by atoms with van der Waals surface area (Å²) in [5.74, 6) is -0.610. The Labute approximate surface area is 132 Å². The number of carbonyl (C=O) groups excluding carboxylic acids is 1. The molecule has 0 radical (unpaired) electrons. The van der Waals surface area contributed by atoms with Crippen molar-refractivity contribution in [3.05, 3.63) is 35.4 Å². The fraction of sp³-hybridized carbons (Fsp3) is 0.556. The molecule has 1 aromatic carbocycles. The zero-order valence-corrected chi connectivity index (χ0v) is 13.4. The second kappa shape index (κ2) is 7.43. The minimum atomic E-state index is -0.790. The molecule has 120 valence electrons. The summed E-state index contributed by atoms with van der Waals surface area (Å²) in [6, 6.07) is 8.40. The van der Waals surface area contributed by atoms with Crippen LogP contribution < -0.4 is 0 Å². The van der Waals surface area contributed by atoms with Crippen LogP contribution in [0.4, 0.5) is 0 Å². The van der Waals surface area contributed by atoms with Gasteiger partial charge in [0, 0.05) is 19.5 Å². The van der Waals surface area contributed by atoms with Crippen molar-refractivity contribution in [2.45, 2.75) is 45.4 Å². The normalized spacial score (nSPS) is 18.5. The van der Waals surface area contributed by atoms with Gasteiger partial charge in [-0.15, -0.1) is 0 Å². The molecule has 1 aromatic rings. The van der Waals surface area contributed by atoms with Crippen LogP contribution in [0.15, 0.2) is 24.3 Å². The number of aryl methyl sites for hydroxylation is 1. The maximum absolute atomic E-state index is 12.2. The smallest absolute Gasteiger partial charge is 0.308 e. The van der Waals surface area contributed by atoms with E-state index in [4.69, 9.17) is 5.11 Å². The molecule has 1 aliphatic rings. The first-order valence-corrected chi connectivity index (χ1v) is 8.06. The summed E-state index contributed by atoms with van der Waals surface area (Å²) in [7, 11) is 0. The summed E-state index contributed by atoms with van der Waals surface area (Å²) >= 11 is 0. The molecule has 0 aliphatic carbocycles. The average molecular weight is 303 g/mol. The molecule has 1 saturated heterocycles. The van der Waals surface area contributed by atoms with E-state index in [1.54, 1.807) is 4.90 Å². The predicted molar refractivity (Wildman–Crippen MR) is 85.8 cm³/mol. The topological polar surface area (TPSA) is 57.6 Å². The minimum Gasteiger partial charge on any atom is -0.481 e. The molecule has 4 heteroatoms. The van der Waals surface area contributed by atoms with E-state index < -0.39 is 11.9 Å². The van der Waals surface area contributed by atoms with Gasteiger partial charge in [0.15, 0.2) is 0 Å². The van der Waals surface area contributed by atoms with Gasteiger partial charge in [0.2, 0.25) is 5.91 Å². The molecule has 1 fully saturated rings. The molecule has 4 nitrogen and oxygen atoms in total. The predicted octanol–water partition coefficient (Wildman–Crippen LogP) is 3.07. The lowest BCUT2D eigenvalue weighted by molar-refractivity contribution is -0.145. The van der Waals surface area contributed by atoms with Crippen LogP contribution in [0.25, 0.3) is 0 Å². The summed E-state index contributed by atoms with van der Waals surface area (Å²) < 4.78 is 0. The number of nitrogens with zero attached hydrogens (tertiary/aromatic N) is 1. The van der Waals surface area contributed by atoms with Gasteiger partial charge in [-0.3, -0.25) is 9.59 Å². The van der Waals surface area contributed by atoms with E-state index in [1.807, 2.05) is 0 Å². The fourth-order valence-corrected chi connectivity index (χ4v) is 2.88. The Hall–Kier alpha value is -1.84. The number of piperidine rings is 1. The van der Waals surface area contributed by atoms with Gasteiger partial charge in [-0.1, -0.05) is 38.1 Å². The Morgan fingerprint density at radius 3 is 2.55 bits per heavy atom. The lowest BCUT2D eigenvalue weighted by atomic mass is 9.97. The third-order valence-corrected chi connectivity index (χ3v) is 4.40. The van der Waals surface area contributed by atoms with E-state index in [2.05, 4.69) is 38.1 Å². The molecule has 0 saturated carbocycles. The highest BCUT2D eigenvalue weighted by Gasteiger charge is 2.27. The highest BCUT2D eigenvalue weighted by molar-refractivity contribution is 5.78. The number of hydrogen-bond donors (Lipinski definition) is 1. The number of rotatable bonds is 5. The van der Waals surface area contributed by atoms with Gasteiger partial charge in [-0.2, -0.15) is 0 Å². The summed E-state index contributed by atoms with van der Waals surface area (Å²) in [4.78, 5) is 25.0. The van der Waals surface area contributed by atoms with Crippen molar-refractivity contribution in [1.82, 2.24) is 4.90 Å². The first kappa shape index (κ1) is 16.5. The molecule has 0 bridgehead atoms. The van der Waals surface area contributed by atoms with Crippen molar-refractivity contribution in [3.63, 3.8) is 0 Å². The van der Waals surface area contributed by atoms with E-state index in [9.17, 15) is 9.59 Å². The van der Waals surface area contributed by atoms with Crippen LogP contribution in [0.3, 0.4) is 0 Å². The van der Waals surface area contributed by atoms with Crippen molar-refractivity contribution in [2.75, 3.05) is 13.1 Å². The molecule has 1 aliphatic heterocycles. The summed E-state index contributed by atoms with van der Waals surface area (Å²) in [5, 5.41) is 9.08. The van der Waals surface area contributed by atoms with Crippen LogP contribution in [-0.2, 0) is 16.0 Å². The third-order valence-electron chi connectivity index (χ3n) is 4.40. The van der Waals surface area contributed by atoms with Crippen molar-refractivity contribution < 1.29 is 14.7 Å². The highest BCUT2D eigenvalue weighted by Crippen LogP contribution is 2.19. The third kappa shape index (κ3) is 4.33. The number of carbonyl (C=O) groups is 2. The molecule has 0 aromatic heterocycles. The van der Waals surface area contributed by atoms with Gasteiger partial charge in [0.05, 0.1) is 5.92 Å². The Morgan fingerprint density at radius 2 is 1.95 bits per heavy atom. The van der Waals surface area contributed by atoms with E-state index in [0.717, 1.165) is 12.0 Å². The van der Waals surface area contributed by atoms with Crippen LogP contribution in [0.1, 0.15) is 50.2 Å². The summed E-state index contributed by atoms with van der Waals surface area (Å²) in [5.41, 5.74) is 2.46. The number of carboxylic acid groups (broad SMARTS) is 1. The van der Waals surface area contributed by atoms with Crippen LogP contribution in [0, 0.1) is 5.92 Å². The molecule has 1 amide bonds. The largest absolute Gasteiger partial charge is 0.481 e. The summed E-state index contributed by atoms with van der Waals surface area (Å²) in [6.45, 7) is 5.37. The molecule has 0 spiro atoms. The van der Waals surface area contributed by atoms with Gasteiger partial charge < -0.3 is 10.0 Å². The van der Waals surface area contributed by atoms with E-state index in [1.165, 1.54) is 5.56 Å². The van der Waals surface area contributed by atoms with Gasteiger partial charge in [0.25, 0.3) is 0 Å². The lowest BCUT2D eigenvalue weighted by Gasteiger charge is -2.30. The standard InChI is InChI=1S/C18H25NO3/c1-13(2)15-8-5-14(6-9-15)7-10-17(20)19-11-3-4-16(12-19)18(21)22/h5-6,8-9,13,16H,3-4,7,10-12H2,1-2H3,(H,21,22)/t16-/m0/s1. The van der Waals surface area contributed by atoms with Crippen molar-refractivity contribution >= 4 is 11.9 Å². The molecular weight excluding hydrogens is 278 g/mol. The Balaban J connectivity index is 1.85. The average Bonchev–Trinajstić information content (AvgIpc) is 2.53. The number of carboxylic acids is 1. The molecule has 22 heavy (non-hydrogen) atoms. The van der Waals surface area contributed by atoms with Crippen LogP contribution in [0.5, 0.6) is 0 Å². The van der Waals surface area contributed by atoms with Crippen LogP contribution in [-0.4, -0.2) is 35.0 Å². The Morgan fingerprint density at radius 1 is 1.27 bits per heavy atom. The molecule has 2 rings (SSSR count). The molecule has 1 atom stereocenters. The Kier molecular flexibility index (Phi) is 5.58. The van der Waals surface area contributed by atoms with Crippen molar-refractivity contribution in [3.8, 4) is 0 Å². The molecular formula is C18H25NO3. The van der Waals surface area contributed by atoms with Gasteiger partial charge in [0.1, 0.15) is 0 Å². The number of amides is 1. The number of benzene rings is 1. The van der Waals surface area contributed by atoms with Gasteiger partial charge >= 0.3 is 5.97 Å².